The summed E-state index contributed by atoms with van der Waals surface area (Å²) in [7, 11) is 8.84. The first kappa shape index (κ1) is 19.1. The molecule has 0 spiro atoms. The van der Waals surface area contributed by atoms with E-state index in [0.717, 1.165) is 50.0 Å². The number of guanidine groups is 1. The fraction of sp³-hybridized carbons (Fsp3) is 0.588. The number of likely N-dealkylation sites (N-methyl/N-ethyl adjacent to an activating group) is 1. The van der Waals surface area contributed by atoms with E-state index in [1.165, 1.54) is 5.56 Å². The molecule has 0 amide bonds. The van der Waals surface area contributed by atoms with Crippen LogP contribution in [0.15, 0.2) is 23.2 Å². The molecule has 0 aliphatic heterocycles. The Morgan fingerprint density at radius 1 is 1.17 bits per heavy atom. The van der Waals surface area contributed by atoms with Gasteiger partial charge in [-0.1, -0.05) is 6.07 Å². The number of ether oxygens (including phenoxy) is 3. The first-order valence-corrected chi connectivity index (χ1v) is 7.77. The van der Waals surface area contributed by atoms with Gasteiger partial charge in [0.2, 0.25) is 0 Å². The largest absolute Gasteiger partial charge is 0.493 e. The van der Waals surface area contributed by atoms with E-state index >= 15 is 0 Å². The number of nitrogens with zero attached hydrogens (tertiary/aromatic N) is 2. The maximum atomic E-state index is 5.34. The van der Waals surface area contributed by atoms with E-state index in [1.807, 2.05) is 19.2 Å². The summed E-state index contributed by atoms with van der Waals surface area (Å²) in [6.45, 7) is 2.46. The minimum absolute atomic E-state index is 0.749. The van der Waals surface area contributed by atoms with Gasteiger partial charge in [-0.05, 0) is 30.5 Å². The average molecular weight is 323 g/mol. The zero-order valence-corrected chi connectivity index (χ0v) is 14.9. The minimum atomic E-state index is 0.749. The lowest BCUT2D eigenvalue weighted by atomic mass is 10.1. The highest BCUT2D eigenvalue weighted by Crippen LogP contribution is 2.27. The third kappa shape index (κ3) is 6.36. The quantitative estimate of drug-likeness (QED) is 0.426. The summed E-state index contributed by atoms with van der Waals surface area (Å²) in [6, 6.07) is 6.01. The zero-order chi connectivity index (χ0) is 17.1. The third-order valence-electron chi connectivity index (χ3n) is 3.57. The van der Waals surface area contributed by atoms with Crippen molar-refractivity contribution in [3.8, 4) is 11.5 Å². The summed E-state index contributed by atoms with van der Waals surface area (Å²) >= 11 is 0. The molecule has 0 saturated carbocycles. The van der Waals surface area contributed by atoms with E-state index in [9.17, 15) is 0 Å². The number of benzene rings is 1. The van der Waals surface area contributed by atoms with Crippen molar-refractivity contribution in [2.45, 2.75) is 12.8 Å². The number of nitrogens with one attached hydrogen (secondary N) is 1. The summed E-state index contributed by atoms with van der Waals surface area (Å²) in [5, 5.41) is 3.33. The second kappa shape index (κ2) is 10.7. The maximum Gasteiger partial charge on any atom is 0.193 e. The standard InChI is InChI=1S/C17H29N3O3/c1-18-17(19-10-6-12-21-3)20(2)11-9-14-7-8-15(22-4)16(13-14)23-5/h7-8,13H,6,9-12H2,1-5H3,(H,18,19). The van der Waals surface area contributed by atoms with Crippen molar-refractivity contribution in [3.05, 3.63) is 23.8 Å². The van der Waals surface area contributed by atoms with Crippen LogP contribution >= 0.6 is 0 Å². The molecule has 0 aliphatic carbocycles. The van der Waals surface area contributed by atoms with E-state index in [1.54, 1.807) is 28.4 Å². The number of aliphatic imine (C=N–C) groups is 1. The monoisotopic (exact) mass is 323 g/mol. The van der Waals surface area contributed by atoms with Crippen LogP contribution in [-0.4, -0.2) is 66.0 Å². The molecular weight excluding hydrogens is 294 g/mol. The van der Waals surface area contributed by atoms with Gasteiger partial charge in [-0.3, -0.25) is 4.99 Å². The van der Waals surface area contributed by atoms with Crippen molar-refractivity contribution in [1.82, 2.24) is 10.2 Å². The maximum absolute atomic E-state index is 5.34. The van der Waals surface area contributed by atoms with Crippen molar-refractivity contribution in [1.29, 1.82) is 0 Å². The molecule has 1 rings (SSSR count). The van der Waals surface area contributed by atoms with Gasteiger partial charge in [0.25, 0.3) is 0 Å². The molecule has 6 nitrogen and oxygen atoms in total. The summed E-state index contributed by atoms with van der Waals surface area (Å²) in [6.07, 6.45) is 1.86. The van der Waals surface area contributed by atoms with Crippen LogP contribution in [0.1, 0.15) is 12.0 Å². The number of hydrogen-bond donors (Lipinski definition) is 1. The van der Waals surface area contributed by atoms with Gasteiger partial charge in [0.05, 0.1) is 14.2 Å². The third-order valence-corrected chi connectivity index (χ3v) is 3.57. The van der Waals surface area contributed by atoms with Gasteiger partial charge in [-0.25, -0.2) is 0 Å². The van der Waals surface area contributed by atoms with E-state index in [-0.39, 0.29) is 0 Å². The molecule has 0 aromatic heterocycles. The number of rotatable bonds is 9. The molecule has 1 N–H and O–H groups in total. The molecule has 6 heteroatoms. The summed E-state index contributed by atoms with van der Waals surface area (Å²) in [5.74, 6) is 2.40. The Balaban J connectivity index is 2.52. The molecular formula is C17H29N3O3. The number of methoxy groups -OCH3 is 3. The van der Waals surface area contributed by atoms with Crippen LogP contribution < -0.4 is 14.8 Å². The molecule has 1 aromatic rings. The van der Waals surface area contributed by atoms with Crippen LogP contribution in [0.2, 0.25) is 0 Å². The van der Waals surface area contributed by atoms with Crippen molar-refractivity contribution in [2.75, 3.05) is 55.1 Å². The van der Waals surface area contributed by atoms with Gasteiger partial charge in [-0.2, -0.15) is 0 Å². The first-order chi connectivity index (χ1) is 11.2. The normalized spacial score (nSPS) is 11.3. The van der Waals surface area contributed by atoms with Crippen LogP contribution in [0.3, 0.4) is 0 Å². The lowest BCUT2D eigenvalue weighted by Crippen LogP contribution is -2.40. The Labute approximate surface area is 139 Å². The Hall–Kier alpha value is -1.95. The predicted octanol–water partition coefficient (Wildman–Crippen LogP) is 1.79. The van der Waals surface area contributed by atoms with Crippen molar-refractivity contribution in [2.24, 2.45) is 4.99 Å². The van der Waals surface area contributed by atoms with Crippen molar-refractivity contribution < 1.29 is 14.2 Å². The van der Waals surface area contributed by atoms with Crippen LogP contribution in [0, 0.1) is 0 Å². The fourth-order valence-electron chi connectivity index (χ4n) is 2.24. The Bertz CT molecular complexity index is 492. The molecule has 0 heterocycles. The average Bonchev–Trinajstić information content (AvgIpc) is 2.59. The van der Waals surface area contributed by atoms with Gasteiger partial charge in [0, 0.05) is 40.9 Å². The minimum Gasteiger partial charge on any atom is -0.493 e. The highest BCUT2D eigenvalue weighted by Gasteiger charge is 2.08. The molecule has 0 saturated heterocycles. The molecule has 1 aromatic carbocycles. The lowest BCUT2D eigenvalue weighted by molar-refractivity contribution is 0.195. The molecule has 0 unspecified atom stereocenters. The summed E-state index contributed by atoms with van der Waals surface area (Å²) in [5.41, 5.74) is 1.20. The zero-order valence-electron chi connectivity index (χ0n) is 14.9. The van der Waals surface area contributed by atoms with Gasteiger partial charge in [-0.15, -0.1) is 0 Å². The fourth-order valence-corrected chi connectivity index (χ4v) is 2.24. The summed E-state index contributed by atoms with van der Waals surface area (Å²) in [4.78, 5) is 6.42. The Morgan fingerprint density at radius 3 is 2.52 bits per heavy atom. The topological polar surface area (TPSA) is 55.3 Å². The van der Waals surface area contributed by atoms with Crippen molar-refractivity contribution in [3.63, 3.8) is 0 Å². The lowest BCUT2D eigenvalue weighted by Gasteiger charge is -2.22. The molecule has 130 valence electrons. The van der Waals surface area contributed by atoms with Gasteiger partial charge >= 0.3 is 0 Å². The molecule has 23 heavy (non-hydrogen) atoms. The SMILES string of the molecule is CN=C(NCCCOC)N(C)CCc1ccc(OC)c(OC)c1. The number of hydrogen-bond acceptors (Lipinski definition) is 4. The highest BCUT2D eigenvalue weighted by atomic mass is 16.5. The molecule has 0 bridgehead atoms. The van der Waals surface area contributed by atoms with E-state index in [2.05, 4.69) is 21.3 Å². The van der Waals surface area contributed by atoms with Crippen LogP contribution in [-0.2, 0) is 11.2 Å². The Morgan fingerprint density at radius 2 is 1.91 bits per heavy atom. The molecule has 0 radical (unpaired) electrons. The van der Waals surface area contributed by atoms with Crippen LogP contribution in [0.4, 0.5) is 0 Å². The smallest absolute Gasteiger partial charge is 0.193 e. The molecule has 0 fully saturated rings. The first-order valence-electron chi connectivity index (χ1n) is 7.77. The van der Waals surface area contributed by atoms with E-state index in [4.69, 9.17) is 14.2 Å². The molecule has 0 atom stereocenters. The van der Waals surface area contributed by atoms with Gasteiger partial charge in [0.15, 0.2) is 17.5 Å². The second-order valence-corrected chi connectivity index (χ2v) is 5.18. The summed E-state index contributed by atoms with van der Waals surface area (Å²) < 4.78 is 15.7. The van der Waals surface area contributed by atoms with Crippen LogP contribution in [0.25, 0.3) is 0 Å². The van der Waals surface area contributed by atoms with Crippen LogP contribution in [0.5, 0.6) is 11.5 Å². The Kier molecular flexibility index (Phi) is 8.90. The second-order valence-electron chi connectivity index (χ2n) is 5.18. The molecule has 0 aliphatic rings. The van der Waals surface area contributed by atoms with E-state index < -0.39 is 0 Å². The highest BCUT2D eigenvalue weighted by molar-refractivity contribution is 5.79. The predicted molar refractivity (Wildman–Crippen MR) is 93.7 cm³/mol. The van der Waals surface area contributed by atoms with Crippen molar-refractivity contribution >= 4 is 5.96 Å². The van der Waals surface area contributed by atoms with Gasteiger partial charge in [0.1, 0.15) is 0 Å². The van der Waals surface area contributed by atoms with E-state index in [0.29, 0.717) is 0 Å². The van der Waals surface area contributed by atoms with Gasteiger partial charge < -0.3 is 24.4 Å².